The van der Waals surface area contributed by atoms with Crippen LogP contribution in [0.4, 0.5) is 0 Å². The van der Waals surface area contributed by atoms with Crippen molar-refractivity contribution >= 4 is 17.7 Å². The highest BCUT2D eigenvalue weighted by atomic mass is 16.4. The molecule has 1 atom stereocenters. The summed E-state index contributed by atoms with van der Waals surface area (Å²) in [5.74, 6) is -3.50. The Kier molecular flexibility index (Phi) is 6.07. The molecule has 2 N–H and O–H groups in total. The van der Waals surface area contributed by atoms with Gasteiger partial charge in [-0.1, -0.05) is 13.0 Å². The van der Waals surface area contributed by atoms with Gasteiger partial charge >= 0.3 is 11.9 Å². The zero-order valence-corrected chi connectivity index (χ0v) is 9.23. The topological polar surface area (TPSA) is 91.7 Å². The third-order valence-electron chi connectivity index (χ3n) is 2.27. The molecular weight excluding hydrogens is 212 g/mol. The number of carbonyl (C=O) groups is 3. The predicted octanol–water partition coefficient (Wildman–Crippen LogP) is 1.48. The summed E-state index contributed by atoms with van der Waals surface area (Å²) in [6, 6.07) is 0. The zero-order chi connectivity index (χ0) is 12.7. The molecule has 16 heavy (non-hydrogen) atoms. The Morgan fingerprint density at radius 2 is 1.75 bits per heavy atom. The van der Waals surface area contributed by atoms with Crippen LogP contribution < -0.4 is 0 Å². The van der Waals surface area contributed by atoms with Gasteiger partial charge in [0.2, 0.25) is 0 Å². The van der Waals surface area contributed by atoms with E-state index in [2.05, 4.69) is 6.58 Å². The Hall–Kier alpha value is -1.65. The van der Waals surface area contributed by atoms with E-state index < -0.39 is 17.9 Å². The monoisotopic (exact) mass is 228 g/mol. The molecule has 0 aromatic heterocycles. The van der Waals surface area contributed by atoms with E-state index in [1.54, 1.807) is 0 Å². The standard InChI is InChI=1S/C11H16O5/c1-7(12)5-3-4-6-9(11(15)16)8(2)10(13)14/h9H,2-6H2,1H3,(H,13,14)(H,15,16)/t9-/m1/s1. The number of carboxylic acids is 2. The third kappa shape index (κ3) is 5.29. The minimum Gasteiger partial charge on any atom is -0.481 e. The second kappa shape index (κ2) is 6.76. The highest BCUT2D eigenvalue weighted by Gasteiger charge is 2.24. The van der Waals surface area contributed by atoms with E-state index in [-0.39, 0.29) is 17.8 Å². The number of hydrogen-bond donors (Lipinski definition) is 2. The highest BCUT2D eigenvalue weighted by molar-refractivity contribution is 5.93. The average Bonchev–Trinajstić information content (AvgIpc) is 2.15. The number of aliphatic carboxylic acids is 2. The Bertz CT molecular complexity index is 305. The van der Waals surface area contributed by atoms with E-state index in [4.69, 9.17) is 10.2 Å². The maximum absolute atomic E-state index is 10.8. The summed E-state index contributed by atoms with van der Waals surface area (Å²) in [6.07, 6.45) is 1.68. The van der Waals surface area contributed by atoms with E-state index in [0.29, 0.717) is 19.3 Å². The fraction of sp³-hybridized carbons (Fsp3) is 0.545. The summed E-state index contributed by atoms with van der Waals surface area (Å²) >= 11 is 0. The number of carboxylic acid groups (broad SMARTS) is 2. The SMILES string of the molecule is C=C(C(=O)O)[C@@H](CCCCC(C)=O)C(=O)O. The van der Waals surface area contributed by atoms with Crippen LogP contribution in [-0.4, -0.2) is 27.9 Å². The lowest BCUT2D eigenvalue weighted by Gasteiger charge is -2.11. The fourth-order valence-corrected chi connectivity index (χ4v) is 1.32. The second-order valence-corrected chi connectivity index (χ2v) is 3.67. The van der Waals surface area contributed by atoms with Gasteiger partial charge in [0.05, 0.1) is 5.92 Å². The van der Waals surface area contributed by atoms with Crippen molar-refractivity contribution in [3.63, 3.8) is 0 Å². The van der Waals surface area contributed by atoms with Gasteiger partial charge in [-0.25, -0.2) is 4.79 Å². The van der Waals surface area contributed by atoms with Gasteiger partial charge in [-0.2, -0.15) is 0 Å². The minimum absolute atomic E-state index is 0.0453. The Labute approximate surface area is 93.8 Å². The number of unbranched alkanes of at least 4 members (excludes halogenated alkanes) is 1. The van der Waals surface area contributed by atoms with E-state index in [0.717, 1.165) is 0 Å². The van der Waals surface area contributed by atoms with E-state index in [9.17, 15) is 14.4 Å². The van der Waals surface area contributed by atoms with Crippen LogP contribution in [0.15, 0.2) is 12.2 Å². The fourth-order valence-electron chi connectivity index (χ4n) is 1.32. The van der Waals surface area contributed by atoms with Crippen molar-refractivity contribution in [3.05, 3.63) is 12.2 Å². The summed E-state index contributed by atoms with van der Waals surface area (Å²) in [7, 11) is 0. The Balaban J connectivity index is 4.16. The van der Waals surface area contributed by atoms with Gasteiger partial charge in [-0.3, -0.25) is 4.79 Å². The zero-order valence-electron chi connectivity index (χ0n) is 9.23. The first-order valence-corrected chi connectivity index (χ1v) is 5.00. The molecule has 0 aliphatic heterocycles. The highest BCUT2D eigenvalue weighted by Crippen LogP contribution is 2.18. The van der Waals surface area contributed by atoms with E-state index >= 15 is 0 Å². The van der Waals surface area contributed by atoms with E-state index in [1.807, 2.05) is 0 Å². The molecule has 0 rings (SSSR count). The molecule has 90 valence electrons. The molecular formula is C11H16O5. The van der Waals surface area contributed by atoms with Crippen LogP contribution in [-0.2, 0) is 14.4 Å². The number of Topliss-reactive ketones (excluding diaryl/α,β-unsaturated/α-hetero) is 1. The van der Waals surface area contributed by atoms with Crippen molar-refractivity contribution in [2.24, 2.45) is 5.92 Å². The van der Waals surface area contributed by atoms with Crippen LogP contribution in [0.1, 0.15) is 32.6 Å². The molecule has 0 aliphatic rings. The molecule has 0 aromatic rings. The normalized spacial score (nSPS) is 11.8. The number of hydrogen-bond acceptors (Lipinski definition) is 3. The molecule has 0 spiro atoms. The first-order valence-electron chi connectivity index (χ1n) is 5.00. The summed E-state index contributed by atoms with van der Waals surface area (Å²) < 4.78 is 0. The van der Waals surface area contributed by atoms with Gasteiger partial charge in [-0.15, -0.1) is 0 Å². The van der Waals surface area contributed by atoms with Gasteiger partial charge in [0.15, 0.2) is 0 Å². The van der Waals surface area contributed by atoms with Crippen LogP contribution in [0.25, 0.3) is 0 Å². The van der Waals surface area contributed by atoms with Gasteiger partial charge in [0.25, 0.3) is 0 Å². The van der Waals surface area contributed by atoms with Crippen molar-refractivity contribution in [1.82, 2.24) is 0 Å². The lowest BCUT2D eigenvalue weighted by atomic mass is 9.94. The first kappa shape index (κ1) is 14.3. The number of ketones is 1. The molecule has 5 heteroatoms. The Morgan fingerprint density at radius 1 is 1.19 bits per heavy atom. The molecule has 0 aromatic carbocycles. The van der Waals surface area contributed by atoms with Gasteiger partial charge < -0.3 is 15.0 Å². The summed E-state index contributed by atoms with van der Waals surface area (Å²) in [5.41, 5.74) is -0.310. The van der Waals surface area contributed by atoms with Crippen molar-refractivity contribution < 1.29 is 24.6 Å². The smallest absolute Gasteiger partial charge is 0.331 e. The summed E-state index contributed by atoms with van der Waals surface area (Å²) in [4.78, 5) is 32.0. The summed E-state index contributed by atoms with van der Waals surface area (Å²) in [5, 5.41) is 17.4. The van der Waals surface area contributed by atoms with Crippen LogP contribution in [0.5, 0.6) is 0 Å². The summed E-state index contributed by atoms with van der Waals surface area (Å²) in [6.45, 7) is 4.71. The average molecular weight is 228 g/mol. The molecule has 0 bridgehead atoms. The predicted molar refractivity (Wildman–Crippen MR) is 57.1 cm³/mol. The molecule has 0 saturated heterocycles. The molecule has 0 radical (unpaired) electrons. The maximum Gasteiger partial charge on any atom is 0.331 e. The molecule has 0 aliphatic carbocycles. The van der Waals surface area contributed by atoms with Crippen LogP contribution >= 0.6 is 0 Å². The van der Waals surface area contributed by atoms with Gasteiger partial charge in [0, 0.05) is 12.0 Å². The maximum atomic E-state index is 10.8. The van der Waals surface area contributed by atoms with Crippen LogP contribution in [0.3, 0.4) is 0 Å². The van der Waals surface area contributed by atoms with Crippen LogP contribution in [0.2, 0.25) is 0 Å². The largest absolute Gasteiger partial charge is 0.481 e. The molecule has 0 saturated carbocycles. The second-order valence-electron chi connectivity index (χ2n) is 3.67. The lowest BCUT2D eigenvalue weighted by Crippen LogP contribution is -2.20. The van der Waals surface area contributed by atoms with E-state index in [1.165, 1.54) is 6.92 Å². The van der Waals surface area contributed by atoms with Crippen molar-refractivity contribution in [2.45, 2.75) is 32.6 Å². The van der Waals surface area contributed by atoms with Crippen molar-refractivity contribution in [3.8, 4) is 0 Å². The Morgan fingerprint density at radius 3 is 2.12 bits per heavy atom. The molecule has 5 nitrogen and oxygen atoms in total. The molecule has 0 amide bonds. The van der Waals surface area contributed by atoms with Crippen LogP contribution in [0, 0.1) is 5.92 Å². The minimum atomic E-state index is -1.29. The number of carbonyl (C=O) groups excluding carboxylic acids is 1. The van der Waals surface area contributed by atoms with Crippen molar-refractivity contribution in [2.75, 3.05) is 0 Å². The number of rotatable bonds is 8. The first-order chi connectivity index (χ1) is 7.36. The third-order valence-corrected chi connectivity index (χ3v) is 2.27. The van der Waals surface area contributed by atoms with Gasteiger partial charge in [0.1, 0.15) is 5.78 Å². The molecule has 0 heterocycles. The lowest BCUT2D eigenvalue weighted by molar-refractivity contribution is -0.144. The molecule has 0 unspecified atom stereocenters. The molecule has 0 fully saturated rings. The van der Waals surface area contributed by atoms with Gasteiger partial charge in [-0.05, 0) is 19.8 Å². The quantitative estimate of drug-likeness (QED) is 0.485. The van der Waals surface area contributed by atoms with Crippen molar-refractivity contribution in [1.29, 1.82) is 0 Å².